The van der Waals surface area contributed by atoms with Gasteiger partial charge in [-0.15, -0.1) is 0 Å². The summed E-state index contributed by atoms with van der Waals surface area (Å²) in [6.45, 7) is 4.35. The number of ether oxygens (including phenoxy) is 2. The molecule has 0 saturated heterocycles. The predicted molar refractivity (Wildman–Crippen MR) is 129 cm³/mol. The smallest absolute Gasteiger partial charge is 0.303 e. The largest absolute Gasteiger partial charge is 0.481 e. The van der Waals surface area contributed by atoms with Crippen LogP contribution in [0.15, 0.2) is 30.3 Å². The molecule has 5 heteroatoms. The van der Waals surface area contributed by atoms with Gasteiger partial charge in [0.25, 0.3) is 0 Å². The molecule has 1 rings (SSSR count). The summed E-state index contributed by atoms with van der Waals surface area (Å²) in [5.74, 6) is -0.933. The molecule has 0 aliphatic carbocycles. The fourth-order valence-corrected chi connectivity index (χ4v) is 3.97. The molecular formula is C27H44O5. The van der Waals surface area contributed by atoms with E-state index in [0.29, 0.717) is 6.61 Å². The lowest BCUT2D eigenvalue weighted by molar-refractivity contribution is -0.147. The number of esters is 1. The summed E-state index contributed by atoms with van der Waals surface area (Å²) in [5, 5.41) is 8.69. The second kappa shape index (κ2) is 18.7. The lowest BCUT2D eigenvalue weighted by atomic mass is 10.00. The van der Waals surface area contributed by atoms with Gasteiger partial charge in [0, 0.05) is 13.3 Å². The number of carbonyl (C=O) groups is 2. The monoisotopic (exact) mass is 448 g/mol. The molecule has 1 aromatic carbocycles. The van der Waals surface area contributed by atoms with Crippen LogP contribution in [0.1, 0.15) is 109 Å². The summed E-state index contributed by atoms with van der Waals surface area (Å²) in [5.41, 5.74) is 1.20. The van der Waals surface area contributed by atoms with Crippen LogP contribution in [0.2, 0.25) is 0 Å². The molecule has 0 heterocycles. The van der Waals surface area contributed by atoms with Crippen LogP contribution < -0.4 is 0 Å². The van der Waals surface area contributed by atoms with Gasteiger partial charge in [-0.1, -0.05) is 75.8 Å². The van der Waals surface area contributed by atoms with Crippen molar-refractivity contribution in [2.24, 2.45) is 0 Å². The zero-order valence-electron chi connectivity index (χ0n) is 20.2. The summed E-state index contributed by atoms with van der Waals surface area (Å²) in [7, 11) is 0. The molecule has 0 fully saturated rings. The first kappa shape index (κ1) is 28.2. The molecule has 0 spiro atoms. The summed E-state index contributed by atoms with van der Waals surface area (Å²) in [6, 6.07) is 10.3. The minimum atomic E-state index is -0.722. The summed E-state index contributed by atoms with van der Waals surface area (Å²) >= 11 is 0. The maximum atomic E-state index is 11.5. The third kappa shape index (κ3) is 15.9. The van der Waals surface area contributed by atoms with Crippen molar-refractivity contribution in [3.8, 4) is 0 Å². The van der Waals surface area contributed by atoms with Crippen molar-refractivity contribution >= 4 is 11.9 Å². The predicted octanol–water partition coefficient (Wildman–Crippen LogP) is 7.07. The zero-order valence-corrected chi connectivity index (χ0v) is 20.2. The Hall–Kier alpha value is -1.88. The van der Waals surface area contributed by atoms with Gasteiger partial charge in [-0.05, 0) is 50.5 Å². The molecule has 0 bridgehead atoms. The molecule has 2 unspecified atom stereocenters. The van der Waals surface area contributed by atoms with Gasteiger partial charge in [0.15, 0.2) is 0 Å². The minimum Gasteiger partial charge on any atom is -0.481 e. The molecule has 2 atom stereocenters. The van der Waals surface area contributed by atoms with Crippen LogP contribution in [0.3, 0.4) is 0 Å². The average molecular weight is 449 g/mol. The quantitative estimate of drug-likeness (QED) is 0.171. The Morgan fingerprint density at radius 2 is 1.41 bits per heavy atom. The highest BCUT2D eigenvalue weighted by molar-refractivity contribution is 5.66. The number of carbonyl (C=O) groups excluding carboxylic acids is 1. The molecular weight excluding hydrogens is 404 g/mol. The first-order valence-corrected chi connectivity index (χ1v) is 12.6. The van der Waals surface area contributed by atoms with Crippen LogP contribution in [0.4, 0.5) is 0 Å². The number of rotatable bonds is 20. The normalized spacial score (nSPS) is 12.9. The molecule has 0 aromatic heterocycles. The fraction of sp³-hybridized carbons (Fsp3) is 0.704. The lowest BCUT2D eigenvalue weighted by Crippen LogP contribution is -2.18. The van der Waals surface area contributed by atoms with Crippen molar-refractivity contribution in [2.75, 3.05) is 0 Å². The number of hydrogen-bond donors (Lipinski definition) is 1. The van der Waals surface area contributed by atoms with Crippen LogP contribution in [-0.4, -0.2) is 29.3 Å². The Morgan fingerprint density at radius 3 is 2.09 bits per heavy atom. The second-order valence-electron chi connectivity index (χ2n) is 8.78. The molecule has 0 aliphatic rings. The number of aliphatic carboxylic acids is 1. The van der Waals surface area contributed by atoms with Gasteiger partial charge in [-0.2, -0.15) is 0 Å². The van der Waals surface area contributed by atoms with E-state index < -0.39 is 5.97 Å². The number of carboxylic acids is 1. The molecule has 1 aromatic rings. The first-order chi connectivity index (χ1) is 15.5. The van der Waals surface area contributed by atoms with Gasteiger partial charge in [-0.25, -0.2) is 0 Å². The Bertz CT molecular complexity index is 601. The maximum Gasteiger partial charge on any atom is 0.303 e. The highest BCUT2D eigenvalue weighted by Crippen LogP contribution is 2.20. The van der Waals surface area contributed by atoms with E-state index in [2.05, 4.69) is 19.1 Å². The Labute approximate surface area is 194 Å². The van der Waals surface area contributed by atoms with E-state index in [9.17, 15) is 9.59 Å². The standard InChI is InChI=1S/C27H44O5/c1-3-4-9-17-25(31-22-24-15-10-8-11-16-24)19-14-20-26(32-23(2)28)18-12-6-5-7-13-21-27(29)30/h8,10-11,15-16,25-26H,3-7,9,12-14,17-22H2,1-2H3,(H,29,30). The maximum absolute atomic E-state index is 11.5. The van der Waals surface area contributed by atoms with Crippen molar-refractivity contribution in [3.05, 3.63) is 35.9 Å². The van der Waals surface area contributed by atoms with Crippen molar-refractivity contribution in [3.63, 3.8) is 0 Å². The van der Waals surface area contributed by atoms with Gasteiger partial charge in [0.05, 0.1) is 12.7 Å². The van der Waals surface area contributed by atoms with Gasteiger partial charge in [-0.3, -0.25) is 9.59 Å². The topological polar surface area (TPSA) is 72.8 Å². The SMILES string of the molecule is CCCCCC(CCCC(CCCCCCCC(=O)O)OC(C)=O)OCc1ccccc1. The molecule has 1 N–H and O–H groups in total. The van der Waals surface area contributed by atoms with Gasteiger partial charge in [0.1, 0.15) is 6.10 Å². The number of hydrogen-bond acceptors (Lipinski definition) is 4. The average Bonchev–Trinajstić information content (AvgIpc) is 2.76. The Kier molecular flexibility index (Phi) is 16.4. The van der Waals surface area contributed by atoms with E-state index in [1.54, 1.807) is 0 Å². The number of benzene rings is 1. The van der Waals surface area contributed by atoms with Crippen molar-refractivity contribution < 1.29 is 24.2 Å². The van der Waals surface area contributed by atoms with Crippen LogP contribution in [0, 0.1) is 0 Å². The number of carboxylic acid groups (broad SMARTS) is 1. The van der Waals surface area contributed by atoms with E-state index in [0.717, 1.165) is 64.2 Å². The molecule has 0 saturated carbocycles. The third-order valence-corrected chi connectivity index (χ3v) is 5.76. The Balaban J connectivity index is 2.36. The van der Waals surface area contributed by atoms with E-state index in [1.807, 2.05) is 18.2 Å². The van der Waals surface area contributed by atoms with E-state index in [1.165, 1.54) is 31.7 Å². The highest BCUT2D eigenvalue weighted by atomic mass is 16.5. The van der Waals surface area contributed by atoms with Crippen molar-refractivity contribution in [2.45, 2.75) is 123 Å². The first-order valence-electron chi connectivity index (χ1n) is 12.6. The summed E-state index contributed by atoms with van der Waals surface area (Å²) in [4.78, 5) is 22.1. The van der Waals surface area contributed by atoms with E-state index in [-0.39, 0.29) is 24.6 Å². The molecule has 32 heavy (non-hydrogen) atoms. The Morgan fingerprint density at radius 1 is 0.812 bits per heavy atom. The van der Waals surface area contributed by atoms with Crippen LogP contribution in [-0.2, 0) is 25.7 Å². The second-order valence-corrected chi connectivity index (χ2v) is 8.78. The summed E-state index contributed by atoms with van der Waals surface area (Å²) in [6.07, 6.45) is 13.7. The lowest BCUT2D eigenvalue weighted by Gasteiger charge is -2.21. The van der Waals surface area contributed by atoms with Crippen LogP contribution in [0.25, 0.3) is 0 Å². The molecule has 182 valence electrons. The van der Waals surface area contributed by atoms with Gasteiger partial charge >= 0.3 is 11.9 Å². The zero-order chi connectivity index (χ0) is 23.4. The van der Waals surface area contributed by atoms with Crippen molar-refractivity contribution in [1.29, 1.82) is 0 Å². The van der Waals surface area contributed by atoms with E-state index in [4.69, 9.17) is 14.6 Å². The number of unbranched alkanes of at least 4 members (excludes halogenated alkanes) is 6. The fourth-order valence-electron chi connectivity index (χ4n) is 3.97. The molecule has 0 amide bonds. The summed E-state index contributed by atoms with van der Waals surface area (Å²) < 4.78 is 11.8. The third-order valence-electron chi connectivity index (χ3n) is 5.76. The molecule has 0 aliphatic heterocycles. The molecule has 0 radical (unpaired) electrons. The van der Waals surface area contributed by atoms with Crippen molar-refractivity contribution in [1.82, 2.24) is 0 Å². The van der Waals surface area contributed by atoms with Gasteiger partial charge < -0.3 is 14.6 Å². The molecule has 5 nitrogen and oxygen atoms in total. The van der Waals surface area contributed by atoms with Gasteiger partial charge in [0.2, 0.25) is 0 Å². The van der Waals surface area contributed by atoms with Crippen LogP contribution in [0.5, 0.6) is 0 Å². The minimum absolute atomic E-state index is 0.0306. The highest BCUT2D eigenvalue weighted by Gasteiger charge is 2.15. The van der Waals surface area contributed by atoms with Crippen LogP contribution >= 0.6 is 0 Å². The van der Waals surface area contributed by atoms with E-state index >= 15 is 0 Å².